The van der Waals surface area contributed by atoms with Crippen LogP contribution < -0.4 is 0 Å². The average Bonchev–Trinajstić information content (AvgIpc) is 2.69. The van der Waals surface area contributed by atoms with Gasteiger partial charge in [-0.3, -0.25) is 0 Å². The van der Waals surface area contributed by atoms with Crippen LogP contribution in [0.3, 0.4) is 0 Å². The van der Waals surface area contributed by atoms with Crippen molar-refractivity contribution in [1.82, 2.24) is 0 Å². The Morgan fingerprint density at radius 2 is 0.889 bits per heavy atom. The molecule has 4 aromatic carbocycles. The molecule has 0 fully saturated rings. The maximum Gasteiger partial charge on any atom is -0.00215 e. The first kappa shape index (κ1) is 17.3. The normalized spacial score (nSPS) is 10.8. The fourth-order valence-corrected chi connectivity index (χ4v) is 4.11. The Bertz CT molecular complexity index is 993. The second-order valence-corrected chi connectivity index (χ2v) is 7.23. The van der Waals surface area contributed by atoms with Gasteiger partial charge in [0.15, 0.2) is 0 Å². The lowest BCUT2D eigenvalue weighted by Crippen LogP contribution is -1.96. The van der Waals surface area contributed by atoms with Crippen LogP contribution in [0.1, 0.15) is 16.7 Å². The summed E-state index contributed by atoms with van der Waals surface area (Å²) in [5, 5.41) is 0. The lowest BCUT2D eigenvalue weighted by Gasteiger charge is -2.20. The number of hydrogen-bond acceptors (Lipinski definition) is 0. The molecule has 132 valence electrons. The molecule has 0 spiro atoms. The molecular weight excluding hydrogens is 324 g/mol. The summed E-state index contributed by atoms with van der Waals surface area (Å²) in [7, 11) is 0. The highest BCUT2D eigenvalue weighted by molar-refractivity contribution is 5.96. The van der Waals surface area contributed by atoms with E-state index in [0.29, 0.717) is 0 Å². The molecule has 0 saturated carbocycles. The van der Waals surface area contributed by atoms with Crippen molar-refractivity contribution in [2.45, 2.75) is 20.8 Å². The van der Waals surface area contributed by atoms with E-state index in [1.165, 1.54) is 50.1 Å². The first-order valence-corrected chi connectivity index (χ1v) is 9.47. The minimum atomic E-state index is 1.25. The molecule has 0 radical (unpaired) electrons. The van der Waals surface area contributed by atoms with Crippen molar-refractivity contribution < 1.29 is 0 Å². The predicted octanol–water partition coefficient (Wildman–Crippen LogP) is 7.61. The summed E-state index contributed by atoms with van der Waals surface area (Å²) in [6, 6.07) is 32.7. The summed E-state index contributed by atoms with van der Waals surface area (Å²) in [4.78, 5) is 0. The fourth-order valence-electron chi connectivity index (χ4n) is 4.11. The van der Waals surface area contributed by atoms with Gasteiger partial charge in [-0.25, -0.2) is 0 Å². The molecule has 0 aliphatic rings. The SMILES string of the molecule is Cc1cc(C)c(-c2c(-c3ccccc3)cccc2-c2ccccc2)c(C)c1. The minimum Gasteiger partial charge on any atom is -0.0622 e. The molecule has 4 rings (SSSR count). The van der Waals surface area contributed by atoms with Gasteiger partial charge in [-0.1, -0.05) is 96.6 Å². The largest absolute Gasteiger partial charge is 0.0622 e. The van der Waals surface area contributed by atoms with Gasteiger partial charge in [-0.05, 0) is 65.3 Å². The maximum atomic E-state index is 2.29. The molecule has 0 aromatic heterocycles. The van der Waals surface area contributed by atoms with Crippen LogP contribution in [0.15, 0.2) is 91.0 Å². The highest BCUT2D eigenvalue weighted by atomic mass is 14.2. The molecule has 0 heteroatoms. The maximum absolute atomic E-state index is 2.29. The van der Waals surface area contributed by atoms with Gasteiger partial charge in [-0.2, -0.15) is 0 Å². The summed E-state index contributed by atoms with van der Waals surface area (Å²) < 4.78 is 0. The Hall–Kier alpha value is -3.12. The van der Waals surface area contributed by atoms with Crippen LogP contribution in [-0.2, 0) is 0 Å². The smallest absolute Gasteiger partial charge is 0.00215 e. The zero-order valence-corrected chi connectivity index (χ0v) is 16.2. The Labute approximate surface area is 162 Å². The standard InChI is InChI=1S/C27H24/c1-19-17-20(2)26(21(3)18-19)27-24(22-11-6-4-7-12-22)15-10-16-25(27)23-13-8-5-9-14-23/h4-18H,1-3H3. The molecule has 0 atom stereocenters. The Kier molecular flexibility index (Phi) is 4.64. The lowest BCUT2D eigenvalue weighted by atomic mass is 9.83. The predicted molar refractivity (Wildman–Crippen MR) is 117 cm³/mol. The molecule has 0 N–H and O–H groups in total. The third-order valence-corrected chi connectivity index (χ3v) is 5.16. The van der Waals surface area contributed by atoms with Crippen molar-refractivity contribution in [1.29, 1.82) is 0 Å². The van der Waals surface area contributed by atoms with Crippen LogP contribution in [0.25, 0.3) is 33.4 Å². The van der Waals surface area contributed by atoms with E-state index < -0.39 is 0 Å². The van der Waals surface area contributed by atoms with E-state index in [4.69, 9.17) is 0 Å². The quantitative estimate of drug-likeness (QED) is 0.357. The van der Waals surface area contributed by atoms with Crippen molar-refractivity contribution in [2.75, 3.05) is 0 Å². The molecular formula is C27H24. The van der Waals surface area contributed by atoms with Crippen molar-refractivity contribution in [3.63, 3.8) is 0 Å². The summed E-state index contributed by atoms with van der Waals surface area (Å²) in [5.41, 5.74) is 11.7. The van der Waals surface area contributed by atoms with E-state index in [1.54, 1.807) is 0 Å². The van der Waals surface area contributed by atoms with Crippen molar-refractivity contribution >= 4 is 0 Å². The van der Waals surface area contributed by atoms with Gasteiger partial charge in [0, 0.05) is 0 Å². The van der Waals surface area contributed by atoms with Gasteiger partial charge in [0.25, 0.3) is 0 Å². The molecule has 0 unspecified atom stereocenters. The van der Waals surface area contributed by atoms with E-state index in [9.17, 15) is 0 Å². The molecule has 0 heterocycles. The van der Waals surface area contributed by atoms with Crippen LogP contribution in [0, 0.1) is 20.8 Å². The third-order valence-electron chi connectivity index (χ3n) is 5.16. The van der Waals surface area contributed by atoms with Crippen molar-refractivity contribution in [3.8, 4) is 33.4 Å². The van der Waals surface area contributed by atoms with Crippen LogP contribution in [0.4, 0.5) is 0 Å². The number of benzene rings is 4. The molecule has 4 aromatic rings. The average molecular weight is 348 g/mol. The van der Waals surface area contributed by atoms with Crippen LogP contribution >= 0.6 is 0 Å². The van der Waals surface area contributed by atoms with Gasteiger partial charge in [0.2, 0.25) is 0 Å². The Morgan fingerprint density at radius 3 is 1.33 bits per heavy atom. The zero-order valence-electron chi connectivity index (χ0n) is 16.2. The van der Waals surface area contributed by atoms with Gasteiger partial charge in [-0.15, -0.1) is 0 Å². The summed E-state index contributed by atoms with van der Waals surface area (Å²) in [6.07, 6.45) is 0. The number of aryl methyl sites for hydroxylation is 3. The van der Waals surface area contributed by atoms with E-state index >= 15 is 0 Å². The van der Waals surface area contributed by atoms with Gasteiger partial charge < -0.3 is 0 Å². The monoisotopic (exact) mass is 348 g/mol. The minimum absolute atomic E-state index is 1.25. The third kappa shape index (κ3) is 3.31. The Morgan fingerprint density at radius 1 is 0.444 bits per heavy atom. The van der Waals surface area contributed by atoms with E-state index in [1.807, 2.05) is 0 Å². The molecule has 0 aliphatic carbocycles. The van der Waals surface area contributed by atoms with Gasteiger partial charge >= 0.3 is 0 Å². The molecule has 0 bridgehead atoms. The summed E-state index contributed by atoms with van der Waals surface area (Å²) >= 11 is 0. The highest BCUT2D eigenvalue weighted by Crippen LogP contribution is 2.42. The van der Waals surface area contributed by atoms with Crippen molar-refractivity contribution in [2.24, 2.45) is 0 Å². The summed E-state index contributed by atoms with van der Waals surface area (Å²) in [6.45, 7) is 6.63. The topological polar surface area (TPSA) is 0 Å². The molecule has 0 aliphatic heterocycles. The molecule has 0 amide bonds. The number of rotatable bonds is 3. The van der Waals surface area contributed by atoms with Crippen LogP contribution in [0.5, 0.6) is 0 Å². The molecule has 0 saturated heterocycles. The molecule has 0 nitrogen and oxygen atoms in total. The second-order valence-electron chi connectivity index (χ2n) is 7.23. The fraction of sp³-hybridized carbons (Fsp3) is 0.111. The van der Waals surface area contributed by atoms with Gasteiger partial charge in [0.05, 0.1) is 0 Å². The van der Waals surface area contributed by atoms with Crippen LogP contribution in [0.2, 0.25) is 0 Å². The first-order valence-electron chi connectivity index (χ1n) is 9.47. The van der Waals surface area contributed by atoms with Crippen LogP contribution in [-0.4, -0.2) is 0 Å². The lowest BCUT2D eigenvalue weighted by molar-refractivity contribution is 1.32. The van der Waals surface area contributed by atoms with E-state index in [2.05, 4.69) is 112 Å². The highest BCUT2D eigenvalue weighted by Gasteiger charge is 2.17. The van der Waals surface area contributed by atoms with E-state index in [0.717, 1.165) is 0 Å². The van der Waals surface area contributed by atoms with Gasteiger partial charge in [0.1, 0.15) is 0 Å². The van der Waals surface area contributed by atoms with E-state index in [-0.39, 0.29) is 0 Å². The Balaban J connectivity index is 2.10. The first-order chi connectivity index (χ1) is 13.1. The summed E-state index contributed by atoms with van der Waals surface area (Å²) in [5.74, 6) is 0. The number of hydrogen-bond donors (Lipinski definition) is 0. The van der Waals surface area contributed by atoms with Crippen molar-refractivity contribution in [3.05, 3.63) is 108 Å². The molecule has 27 heavy (non-hydrogen) atoms. The zero-order chi connectivity index (χ0) is 18.8. The second kappa shape index (κ2) is 7.25.